The van der Waals surface area contributed by atoms with E-state index in [4.69, 9.17) is 4.74 Å². The SMILES string of the molecule is CC1(C)CCCC(=O)C2CC3CC4=C(CCCC4=O)OC3(C)CC21. The summed E-state index contributed by atoms with van der Waals surface area (Å²) in [6, 6.07) is 0. The first-order valence-corrected chi connectivity index (χ1v) is 9.77. The van der Waals surface area contributed by atoms with Gasteiger partial charge in [0.2, 0.25) is 0 Å². The van der Waals surface area contributed by atoms with Crippen molar-refractivity contribution in [1.82, 2.24) is 0 Å². The molecule has 3 aliphatic carbocycles. The van der Waals surface area contributed by atoms with Crippen LogP contribution in [0.4, 0.5) is 0 Å². The van der Waals surface area contributed by atoms with Crippen molar-refractivity contribution in [2.75, 3.05) is 0 Å². The largest absolute Gasteiger partial charge is 0.491 e. The van der Waals surface area contributed by atoms with E-state index in [1.165, 1.54) is 0 Å². The van der Waals surface area contributed by atoms with E-state index in [1.807, 2.05) is 0 Å². The molecule has 3 heteroatoms. The zero-order valence-corrected chi connectivity index (χ0v) is 15.3. The summed E-state index contributed by atoms with van der Waals surface area (Å²) in [6.07, 6.45) is 8.11. The average molecular weight is 330 g/mol. The number of hydrogen-bond acceptors (Lipinski definition) is 3. The molecular formula is C21H30O3. The number of carbonyl (C=O) groups is 2. The van der Waals surface area contributed by atoms with Crippen molar-refractivity contribution in [2.45, 2.75) is 84.2 Å². The molecule has 0 amide bonds. The highest BCUT2D eigenvalue weighted by molar-refractivity contribution is 5.96. The Bertz CT molecular complexity index is 615. The Kier molecular flexibility index (Phi) is 3.71. The number of fused-ring (bicyclic) bond motifs is 2. The van der Waals surface area contributed by atoms with Gasteiger partial charge < -0.3 is 4.74 Å². The van der Waals surface area contributed by atoms with E-state index < -0.39 is 0 Å². The summed E-state index contributed by atoms with van der Waals surface area (Å²) >= 11 is 0. The summed E-state index contributed by atoms with van der Waals surface area (Å²) in [5.41, 5.74) is 0.951. The molecule has 0 spiro atoms. The zero-order valence-electron chi connectivity index (χ0n) is 15.3. The Morgan fingerprint density at radius 3 is 2.62 bits per heavy atom. The van der Waals surface area contributed by atoms with Crippen molar-refractivity contribution < 1.29 is 14.3 Å². The molecule has 2 saturated carbocycles. The maximum Gasteiger partial charge on any atom is 0.162 e. The van der Waals surface area contributed by atoms with E-state index in [0.717, 1.165) is 62.7 Å². The highest BCUT2D eigenvalue weighted by Gasteiger charge is 2.55. The fraction of sp³-hybridized carbons (Fsp3) is 0.810. The molecule has 0 saturated heterocycles. The van der Waals surface area contributed by atoms with Crippen molar-refractivity contribution in [2.24, 2.45) is 23.2 Å². The molecule has 4 aliphatic rings. The number of ketones is 2. The molecule has 2 fully saturated rings. The Morgan fingerprint density at radius 1 is 1.04 bits per heavy atom. The molecule has 24 heavy (non-hydrogen) atoms. The molecule has 132 valence electrons. The van der Waals surface area contributed by atoms with Crippen LogP contribution in [0.2, 0.25) is 0 Å². The molecule has 4 atom stereocenters. The van der Waals surface area contributed by atoms with Crippen molar-refractivity contribution in [3.8, 4) is 0 Å². The lowest BCUT2D eigenvalue weighted by Crippen LogP contribution is -2.53. The van der Waals surface area contributed by atoms with Gasteiger partial charge in [-0.25, -0.2) is 0 Å². The second-order valence-electron chi connectivity index (χ2n) is 9.46. The number of rotatable bonds is 0. The summed E-state index contributed by atoms with van der Waals surface area (Å²) in [7, 11) is 0. The lowest BCUT2D eigenvalue weighted by Gasteiger charge is -2.54. The van der Waals surface area contributed by atoms with Crippen LogP contribution < -0.4 is 0 Å². The quantitative estimate of drug-likeness (QED) is 0.652. The van der Waals surface area contributed by atoms with Gasteiger partial charge in [-0.1, -0.05) is 13.8 Å². The van der Waals surface area contributed by atoms with Crippen molar-refractivity contribution >= 4 is 11.6 Å². The topological polar surface area (TPSA) is 43.4 Å². The fourth-order valence-electron chi connectivity index (χ4n) is 5.89. The first-order valence-electron chi connectivity index (χ1n) is 9.77. The smallest absolute Gasteiger partial charge is 0.162 e. The third-order valence-electron chi connectivity index (χ3n) is 7.46. The van der Waals surface area contributed by atoms with Gasteiger partial charge in [0.05, 0.1) is 0 Å². The van der Waals surface area contributed by atoms with Crippen LogP contribution in [0, 0.1) is 23.2 Å². The maximum atomic E-state index is 12.7. The number of allylic oxidation sites excluding steroid dienone is 2. The summed E-state index contributed by atoms with van der Waals surface area (Å²) < 4.78 is 6.52. The van der Waals surface area contributed by atoms with Gasteiger partial charge in [0, 0.05) is 36.7 Å². The Hall–Kier alpha value is -1.12. The molecule has 0 aromatic heterocycles. The summed E-state index contributed by atoms with van der Waals surface area (Å²) in [6.45, 7) is 6.91. The molecule has 1 heterocycles. The van der Waals surface area contributed by atoms with Crippen LogP contribution in [0.3, 0.4) is 0 Å². The average Bonchev–Trinajstić information content (AvgIpc) is 2.61. The van der Waals surface area contributed by atoms with Gasteiger partial charge in [-0.3, -0.25) is 9.59 Å². The van der Waals surface area contributed by atoms with Gasteiger partial charge >= 0.3 is 0 Å². The normalized spacial score (nSPS) is 41.7. The molecule has 4 rings (SSSR count). The predicted molar refractivity (Wildman–Crippen MR) is 92.3 cm³/mol. The number of Topliss-reactive ketones (excluding diaryl/α,β-unsaturated/α-hetero) is 2. The number of ether oxygens (including phenoxy) is 1. The first kappa shape index (κ1) is 16.4. The van der Waals surface area contributed by atoms with E-state index in [2.05, 4.69) is 20.8 Å². The Morgan fingerprint density at radius 2 is 1.83 bits per heavy atom. The van der Waals surface area contributed by atoms with Crippen molar-refractivity contribution in [1.29, 1.82) is 0 Å². The van der Waals surface area contributed by atoms with E-state index >= 15 is 0 Å². The highest BCUT2D eigenvalue weighted by atomic mass is 16.5. The molecule has 1 aliphatic heterocycles. The molecule has 0 radical (unpaired) electrons. The second-order valence-corrected chi connectivity index (χ2v) is 9.46. The van der Waals surface area contributed by atoms with Crippen LogP contribution in [-0.4, -0.2) is 17.2 Å². The van der Waals surface area contributed by atoms with Gasteiger partial charge in [-0.05, 0) is 56.8 Å². The molecule has 3 nitrogen and oxygen atoms in total. The van der Waals surface area contributed by atoms with Crippen molar-refractivity contribution in [3.05, 3.63) is 11.3 Å². The van der Waals surface area contributed by atoms with Gasteiger partial charge in [0.1, 0.15) is 17.1 Å². The zero-order chi connectivity index (χ0) is 17.1. The van der Waals surface area contributed by atoms with Crippen LogP contribution >= 0.6 is 0 Å². The van der Waals surface area contributed by atoms with Crippen LogP contribution in [0.5, 0.6) is 0 Å². The van der Waals surface area contributed by atoms with Gasteiger partial charge in [-0.15, -0.1) is 0 Å². The Labute approximate surface area is 145 Å². The highest BCUT2D eigenvalue weighted by Crippen LogP contribution is 2.57. The van der Waals surface area contributed by atoms with Gasteiger partial charge in [0.25, 0.3) is 0 Å². The number of hydrogen-bond donors (Lipinski definition) is 0. The van der Waals surface area contributed by atoms with Crippen LogP contribution in [0.1, 0.15) is 78.6 Å². The molecule has 0 N–H and O–H groups in total. The molecule has 0 bridgehead atoms. The molecule has 0 aromatic carbocycles. The molecule has 4 unspecified atom stereocenters. The Balaban J connectivity index is 1.68. The number of carbonyl (C=O) groups excluding carboxylic acids is 2. The second kappa shape index (κ2) is 5.44. The lowest BCUT2D eigenvalue weighted by atomic mass is 9.56. The lowest BCUT2D eigenvalue weighted by molar-refractivity contribution is -0.146. The minimum atomic E-state index is -0.195. The predicted octanol–water partition coefficient (Wildman–Crippen LogP) is 4.59. The summed E-state index contributed by atoms with van der Waals surface area (Å²) in [4.78, 5) is 25.1. The third-order valence-corrected chi connectivity index (χ3v) is 7.46. The van der Waals surface area contributed by atoms with Crippen LogP contribution in [0.15, 0.2) is 11.3 Å². The molecular weight excluding hydrogens is 300 g/mol. The minimum absolute atomic E-state index is 0.171. The van der Waals surface area contributed by atoms with E-state index in [0.29, 0.717) is 24.0 Å². The van der Waals surface area contributed by atoms with E-state index in [9.17, 15) is 9.59 Å². The fourth-order valence-corrected chi connectivity index (χ4v) is 5.89. The van der Waals surface area contributed by atoms with Crippen LogP contribution in [0.25, 0.3) is 0 Å². The van der Waals surface area contributed by atoms with Gasteiger partial charge in [-0.2, -0.15) is 0 Å². The van der Waals surface area contributed by atoms with Crippen LogP contribution in [-0.2, 0) is 14.3 Å². The van der Waals surface area contributed by atoms with Gasteiger partial charge in [0.15, 0.2) is 5.78 Å². The minimum Gasteiger partial charge on any atom is -0.491 e. The monoisotopic (exact) mass is 330 g/mol. The van der Waals surface area contributed by atoms with Crippen molar-refractivity contribution in [3.63, 3.8) is 0 Å². The van der Waals surface area contributed by atoms with E-state index in [1.54, 1.807) is 0 Å². The van der Waals surface area contributed by atoms with E-state index in [-0.39, 0.29) is 22.7 Å². The third kappa shape index (κ3) is 2.46. The summed E-state index contributed by atoms with van der Waals surface area (Å²) in [5.74, 6) is 2.62. The standard InChI is InChI=1S/C21H30O3/c1-20(2)9-5-7-17(22)14-10-13-11-15-18(23)6-4-8-19(15)24-21(13,3)12-16(14)20/h13-14,16H,4-12H2,1-3H3. The summed E-state index contributed by atoms with van der Waals surface area (Å²) in [5, 5.41) is 0. The maximum absolute atomic E-state index is 12.7. The first-order chi connectivity index (χ1) is 11.3. The molecule has 0 aromatic rings.